The molecule has 0 N–H and O–H groups in total. The lowest BCUT2D eigenvalue weighted by Gasteiger charge is -2.19. The minimum absolute atomic E-state index is 0.929. The van der Waals surface area contributed by atoms with Gasteiger partial charge in [0.15, 0.2) is 0 Å². The van der Waals surface area contributed by atoms with Gasteiger partial charge in [0, 0.05) is 0 Å². The lowest BCUT2D eigenvalue weighted by Crippen LogP contribution is -1.97. The number of hydrogen-bond donors (Lipinski definition) is 0. The molecule has 0 atom stereocenters. The van der Waals surface area contributed by atoms with E-state index in [2.05, 4.69) is 109 Å². The molecule has 0 unspecified atom stereocenters. The fourth-order valence-corrected chi connectivity index (χ4v) is 4.26. The molecule has 4 aromatic carbocycles. The van der Waals surface area contributed by atoms with E-state index in [-0.39, 0.29) is 0 Å². The molecule has 1 aliphatic carbocycles. The second-order valence-corrected chi connectivity index (χ2v) is 7.29. The van der Waals surface area contributed by atoms with Crippen molar-refractivity contribution in [1.82, 2.24) is 0 Å². The molecule has 0 nitrogen and oxygen atoms in total. The number of hydrogen-bond acceptors (Lipinski definition) is 0. The van der Waals surface area contributed by atoms with E-state index in [1.807, 2.05) is 0 Å². The van der Waals surface area contributed by atoms with Crippen molar-refractivity contribution in [1.29, 1.82) is 0 Å². The van der Waals surface area contributed by atoms with Gasteiger partial charge < -0.3 is 0 Å². The summed E-state index contributed by atoms with van der Waals surface area (Å²) in [7, 11) is 0. The molecule has 134 valence electrons. The second-order valence-electron chi connectivity index (χ2n) is 7.29. The van der Waals surface area contributed by atoms with Gasteiger partial charge >= 0.3 is 0 Å². The van der Waals surface area contributed by atoms with E-state index in [4.69, 9.17) is 0 Å². The molecule has 0 aromatic heterocycles. The quantitative estimate of drug-likeness (QED) is 0.333. The fourth-order valence-electron chi connectivity index (χ4n) is 4.26. The minimum atomic E-state index is 0.929. The second kappa shape index (κ2) is 7.32. The van der Waals surface area contributed by atoms with Gasteiger partial charge in [-0.1, -0.05) is 103 Å². The van der Waals surface area contributed by atoms with Crippen molar-refractivity contribution in [3.8, 4) is 22.3 Å². The van der Waals surface area contributed by atoms with Crippen molar-refractivity contribution in [3.05, 3.63) is 120 Å². The lowest BCUT2D eigenvalue weighted by molar-refractivity contribution is 1.23. The Bertz CT molecular complexity index is 1190. The van der Waals surface area contributed by atoms with E-state index < -0.39 is 0 Å². The molecule has 0 bridgehead atoms. The maximum absolute atomic E-state index is 2.40. The van der Waals surface area contributed by atoms with Crippen LogP contribution >= 0.6 is 0 Å². The van der Waals surface area contributed by atoms with Gasteiger partial charge in [-0.2, -0.15) is 0 Å². The van der Waals surface area contributed by atoms with Crippen molar-refractivity contribution in [2.75, 3.05) is 0 Å². The maximum Gasteiger partial charge on any atom is -0.00668 e. The smallest absolute Gasteiger partial charge is 0.00668 e. The molecule has 1 aliphatic rings. The molecule has 0 heteroatoms. The summed E-state index contributed by atoms with van der Waals surface area (Å²) in [6.07, 6.45) is 10.7. The van der Waals surface area contributed by atoms with Crippen LogP contribution in [-0.4, -0.2) is 0 Å². The zero-order valence-corrected chi connectivity index (χ0v) is 15.8. The van der Waals surface area contributed by atoms with Gasteiger partial charge in [-0.25, -0.2) is 0 Å². The van der Waals surface area contributed by atoms with Crippen LogP contribution in [0, 0.1) is 0 Å². The van der Waals surface area contributed by atoms with Crippen molar-refractivity contribution in [2.24, 2.45) is 0 Å². The minimum Gasteiger partial charge on any atom is -0.0801 e. The van der Waals surface area contributed by atoms with E-state index >= 15 is 0 Å². The van der Waals surface area contributed by atoms with Crippen LogP contribution in [0.5, 0.6) is 0 Å². The number of rotatable bonds is 1. The first kappa shape index (κ1) is 16.8. The third kappa shape index (κ3) is 2.97. The van der Waals surface area contributed by atoms with Gasteiger partial charge in [0.25, 0.3) is 0 Å². The molecule has 0 radical (unpaired) electrons. The number of fused-ring (bicyclic) bond motifs is 5. The maximum atomic E-state index is 2.40. The van der Waals surface area contributed by atoms with Crippen LogP contribution < -0.4 is 0 Å². The molecule has 0 heterocycles. The Morgan fingerprint density at radius 1 is 0.500 bits per heavy atom. The average molecular weight is 358 g/mol. The van der Waals surface area contributed by atoms with Crippen LogP contribution in [0.1, 0.15) is 11.1 Å². The predicted octanol–water partition coefficient (Wildman–Crippen LogP) is 7.38. The van der Waals surface area contributed by atoms with Gasteiger partial charge in [0.05, 0.1) is 0 Å². The van der Waals surface area contributed by atoms with Crippen molar-refractivity contribution in [2.45, 2.75) is 12.8 Å². The van der Waals surface area contributed by atoms with Crippen LogP contribution in [0.4, 0.5) is 0 Å². The Morgan fingerprint density at radius 3 is 1.96 bits per heavy atom. The van der Waals surface area contributed by atoms with E-state index in [9.17, 15) is 0 Å². The summed E-state index contributed by atoms with van der Waals surface area (Å²) in [5.41, 5.74) is 8.09. The SMILES string of the molecule is C1=C\Cc2ccccc2-c2c(cc(-c3ccccc3)c3ccccc23)C\C=C/1. The summed E-state index contributed by atoms with van der Waals surface area (Å²) < 4.78 is 0. The highest BCUT2D eigenvalue weighted by molar-refractivity contribution is 6.06. The largest absolute Gasteiger partial charge is 0.0801 e. The first-order valence-corrected chi connectivity index (χ1v) is 9.92. The third-order valence-corrected chi connectivity index (χ3v) is 5.56. The van der Waals surface area contributed by atoms with E-state index in [0.717, 1.165) is 12.8 Å². The van der Waals surface area contributed by atoms with Gasteiger partial charge in [0.1, 0.15) is 0 Å². The summed E-state index contributed by atoms with van der Waals surface area (Å²) in [6.45, 7) is 0. The average Bonchev–Trinajstić information content (AvgIpc) is 2.77. The van der Waals surface area contributed by atoms with E-state index in [1.165, 1.54) is 44.2 Å². The molecule has 0 fully saturated rings. The predicted molar refractivity (Wildman–Crippen MR) is 121 cm³/mol. The molecule has 4 aromatic rings. The van der Waals surface area contributed by atoms with Gasteiger partial charge in [-0.3, -0.25) is 0 Å². The number of allylic oxidation sites excluding steroid dienone is 4. The molecule has 0 amide bonds. The van der Waals surface area contributed by atoms with Crippen molar-refractivity contribution in [3.63, 3.8) is 0 Å². The Morgan fingerprint density at radius 2 is 1.14 bits per heavy atom. The molecule has 0 aliphatic heterocycles. The van der Waals surface area contributed by atoms with Crippen LogP contribution in [0.25, 0.3) is 33.0 Å². The van der Waals surface area contributed by atoms with Crippen molar-refractivity contribution >= 4 is 10.8 Å². The van der Waals surface area contributed by atoms with Gasteiger partial charge in [-0.05, 0) is 63.1 Å². The summed E-state index contributed by atoms with van der Waals surface area (Å²) in [5, 5.41) is 2.66. The molecular weight excluding hydrogens is 336 g/mol. The summed E-state index contributed by atoms with van der Waals surface area (Å²) in [6, 6.07) is 30.8. The molecule has 0 spiro atoms. The van der Waals surface area contributed by atoms with Crippen LogP contribution in [0.2, 0.25) is 0 Å². The Hall–Kier alpha value is -3.38. The monoisotopic (exact) mass is 358 g/mol. The molecule has 5 rings (SSSR count). The highest BCUT2D eigenvalue weighted by Crippen LogP contribution is 2.40. The Labute approximate surface area is 166 Å². The number of benzene rings is 4. The van der Waals surface area contributed by atoms with Gasteiger partial charge in [-0.15, -0.1) is 0 Å². The first-order chi connectivity index (χ1) is 13.9. The topological polar surface area (TPSA) is 0 Å². The van der Waals surface area contributed by atoms with Crippen LogP contribution in [0.3, 0.4) is 0 Å². The van der Waals surface area contributed by atoms with E-state index in [1.54, 1.807) is 0 Å². The molecule has 0 saturated carbocycles. The zero-order chi connectivity index (χ0) is 18.8. The summed E-state index contributed by atoms with van der Waals surface area (Å²) in [5.74, 6) is 0. The third-order valence-electron chi connectivity index (χ3n) is 5.56. The van der Waals surface area contributed by atoms with E-state index in [0.29, 0.717) is 0 Å². The normalized spacial score (nSPS) is 15.4. The Kier molecular flexibility index (Phi) is 4.39. The van der Waals surface area contributed by atoms with Crippen LogP contribution in [0.15, 0.2) is 109 Å². The standard InChI is InChI=1S/C28H22/c1-2-5-16-23-20-27(22-13-6-3-7-14-22)25-18-10-11-19-26(25)28(23)24-17-9-8-15-21(24)12-4-1/h1-11,13-15,17-20H,12,16H2/b4-1-,5-2-. The first-order valence-electron chi connectivity index (χ1n) is 9.92. The Balaban J connectivity index is 1.88. The lowest BCUT2D eigenvalue weighted by atomic mass is 9.85. The fraction of sp³-hybridized carbons (Fsp3) is 0.0714. The van der Waals surface area contributed by atoms with Crippen molar-refractivity contribution < 1.29 is 0 Å². The highest BCUT2D eigenvalue weighted by atomic mass is 14.2. The van der Waals surface area contributed by atoms with Crippen LogP contribution in [-0.2, 0) is 12.8 Å². The zero-order valence-electron chi connectivity index (χ0n) is 15.8. The summed E-state index contributed by atoms with van der Waals surface area (Å²) in [4.78, 5) is 0. The molecular formula is C28H22. The molecule has 0 saturated heterocycles. The molecule has 28 heavy (non-hydrogen) atoms. The van der Waals surface area contributed by atoms with Gasteiger partial charge in [0.2, 0.25) is 0 Å². The summed E-state index contributed by atoms with van der Waals surface area (Å²) >= 11 is 0. The highest BCUT2D eigenvalue weighted by Gasteiger charge is 2.16.